The number of ether oxygens (including phenoxy) is 2. The molecule has 2 heterocycles. The zero-order valence-electron chi connectivity index (χ0n) is 18.5. The Kier molecular flexibility index (Phi) is 6.99. The summed E-state index contributed by atoms with van der Waals surface area (Å²) in [6.45, 7) is 1.78. The first kappa shape index (κ1) is 22.2. The van der Waals surface area contributed by atoms with Crippen LogP contribution in [-0.4, -0.2) is 45.8 Å². The molecule has 1 aliphatic rings. The molecule has 1 saturated carbocycles. The summed E-state index contributed by atoms with van der Waals surface area (Å²) in [6.07, 6.45) is 5.72. The summed E-state index contributed by atoms with van der Waals surface area (Å²) in [7, 11) is 3.23. The van der Waals surface area contributed by atoms with Crippen LogP contribution < -0.4 is 14.8 Å². The highest BCUT2D eigenvalue weighted by Crippen LogP contribution is 2.38. The molecule has 10 heteroatoms. The van der Waals surface area contributed by atoms with Gasteiger partial charge in [-0.05, 0) is 38.0 Å². The lowest BCUT2D eigenvalue weighted by atomic mass is 9.95. The molecule has 1 N–H and O–H groups in total. The van der Waals surface area contributed by atoms with Gasteiger partial charge in [-0.2, -0.15) is 0 Å². The number of carbonyl (C=O) groups excluding carboxylic acids is 1. The molecule has 3 aromatic rings. The Balaban J connectivity index is 1.58. The molecule has 2 aromatic heterocycles. The maximum atomic E-state index is 12.4. The van der Waals surface area contributed by atoms with Gasteiger partial charge in [0.2, 0.25) is 5.91 Å². The number of benzene rings is 1. The standard InChI is InChI=1S/C22H27N5O4S/c1-14-11-19(26-31-14)23-20(28)13-32-22-25-24-21(27(22)16-7-5-4-6-8-16)15-9-10-17(29-2)18(12-15)30-3/h9-12,16H,4-8,13H2,1-3H3,(H,23,26,28). The maximum absolute atomic E-state index is 12.4. The van der Waals surface area contributed by atoms with Gasteiger partial charge in [-0.1, -0.05) is 36.2 Å². The van der Waals surface area contributed by atoms with E-state index in [2.05, 4.69) is 25.2 Å². The fraction of sp³-hybridized carbons (Fsp3) is 0.455. The van der Waals surface area contributed by atoms with Crippen molar-refractivity contribution in [3.8, 4) is 22.9 Å². The minimum Gasteiger partial charge on any atom is -0.493 e. The fourth-order valence-corrected chi connectivity index (χ4v) is 4.76. The van der Waals surface area contributed by atoms with Crippen LogP contribution in [0, 0.1) is 6.92 Å². The third-order valence-corrected chi connectivity index (χ3v) is 6.42. The second-order valence-electron chi connectivity index (χ2n) is 7.70. The number of aryl methyl sites for hydroxylation is 1. The second kappa shape index (κ2) is 10.1. The van der Waals surface area contributed by atoms with Crippen molar-refractivity contribution in [2.45, 2.75) is 50.2 Å². The molecule has 32 heavy (non-hydrogen) atoms. The van der Waals surface area contributed by atoms with Crippen LogP contribution in [0.4, 0.5) is 5.82 Å². The molecule has 0 aliphatic heterocycles. The third kappa shape index (κ3) is 4.90. The SMILES string of the molecule is COc1ccc(-c2nnc(SCC(=O)Nc3cc(C)on3)n2C2CCCCC2)cc1OC. The van der Waals surface area contributed by atoms with Crippen LogP contribution in [0.25, 0.3) is 11.4 Å². The Morgan fingerprint density at radius 2 is 1.94 bits per heavy atom. The van der Waals surface area contributed by atoms with E-state index in [0.29, 0.717) is 29.1 Å². The van der Waals surface area contributed by atoms with Crippen molar-refractivity contribution < 1.29 is 18.8 Å². The number of hydrogen-bond donors (Lipinski definition) is 1. The smallest absolute Gasteiger partial charge is 0.236 e. The van der Waals surface area contributed by atoms with E-state index < -0.39 is 0 Å². The van der Waals surface area contributed by atoms with Crippen molar-refractivity contribution in [1.29, 1.82) is 0 Å². The largest absolute Gasteiger partial charge is 0.493 e. The van der Waals surface area contributed by atoms with E-state index >= 15 is 0 Å². The summed E-state index contributed by atoms with van der Waals surface area (Å²) in [4.78, 5) is 12.4. The molecule has 1 aliphatic carbocycles. The van der Waals surface area contributed by atoms with Gasteiger partial charge in [-0.3, -0.25) is 9.36 Å². The molecule has 0 unspecified atom stereocenters. The zero-order valence-corrected chi connectivity index (χ0v) is 19.3. The van der Waals surface area contributed by atoms with Crippen LogP contribution in [-0.2, 0) is 4.79 Å². The van der Waals surface area contributed by atoms with Crippen LogP contribution in [0.1, 0.15) is 43.9 Å². The van der Waals surface area contributed by atoms with Gasteiger partial charge in [-0.25, -0.2) is 0 Å². The normalized spacial score (nSPS) is 14.3. The monoisotopic (exact) mass is 457 g/mol. The molecule has 9 nitrogen and oxygen atoms in total. The number of rotatable bonds is 8. The van der Waals surface area contributed by atoms with E-state index in [1.807, 2.05) is 18.2 Å². The van der Waals surface area contributed by atoms with E-state index in [-0.39, 0.29) is 11.7 Å². The van der Waals surface area contributed by atoms with Crippen LogP contribution in [0.3, 0.4) is 0 Å². The Hall–Kier alpha value is -3.01. The van der Waals surface area contributed by atoms with Gasteiger partial charge in [0.05, 0.1) is 20.0 Å². The Morgan fingerprint density at radius 1 is 1.16 bits per heavy atom. The zero-order chi connectivity index (χ0) is 22.5. The predicted molar refractivity (Wildman–Crippen MR) is 121 cm³/mol. The number of nitrogens with zero attached hydrogens (tertiary/aromatic N) is 4. The second-order valence-corrected chi connectivity index (χ2v) is 8.64. The molecular formula is C22H27N5O4S. The highest BCUT2D eigenvalue weighted by atomic mass is 32.2. The highest BCUT2D eigenvalue weighted by Gasteiger charge is 2.25. The number of amides is 1. The van der Waals surface area contributed by atoms with E-state index in [1.54, 1.807) is 27.2 Å². The van der Waals surface area contributed by atoms with Gasteiger partial charge in [0.1, 0.15) is 5.76 Å². The topological polar surface area (TPSA) is 104 Å². The van der Waals surface area contributed by atoms with Crippen LogP contribution in [0.5, 0.6) is 11.5 Å². The van der Waals surface area contributed by atoms with Gasteiger partial charge in [0.25, 0.3) is 0 Å². The fourth-order valence-electron chi connectivity index (χ4n) is 3.95. The van der Waals surface area contributed by atoms with Gasteiger partial charge in [0, 0.05) is 17.7 Å². The summed E-state index contributed by atoms with van der Waals surface area (Å²) in [5.74, 6) is 3.15. The Labute approximate surface area is 190 Å². The lowest BCUT2D eigenvalue weighted by Gasteiger charge is -2.25. The summed E-state index contributed by atoms with van der Waals surface area (Å²) in [5.41, 5.74) is 0.898. The van der Waals surface area contributed by atoms with Crippen molar-refractivity contribution >= 4 is 23.5 Å². The summed E-state index contributed by atoms with van der Waals surface area (Å²) in [5, 5.41) is 16.2. The lowest BCUT2D eigenvalue weighted by molar-refractivity contribution is -0.113. The van der Waals surface area contributed by atoms with Crippen molar-refractivity contribution in [2.75, 3.05) is 25.3 Å². The number of methoxy groups -OCH3 is 2. The average molecular weight is 458 g/mol. The first-order valence-corrected chi connectivity index (χ1v) is 11.6. The first-order chi connectivity index (χ1) is 15.6. The third-order valence-electron chi connectivity index (χ3n) is 5.47. The summed E-state index contributed by atoms with van der Waals surface area (Å²) < 4.78 is 18.0. The molecule has 0 saturated heterocycles. The van der Waals surface area contributed by atoms with Crippen molar-refractivity contribution in [1.82, 2.24) is 19.9 Å². The van der Waals surface area contributed by atoms with Gasteiger partial charge in [0.15, 0.2) is 28.3 Å². The molecule has 0 spiro atoms. The maximum Gasteiger partial charge on any atom is 0.236 e. The predicted octanol–water partition coefficient (Wildman–Crippen LogP) is 4.49. The highest BCUT2D eigenvalue weighted by molar-refractivity contribution is 7.99. The van der Waals surface area contributed by atoms with Crippen LogP contribution in [0.15, 0.2) is 33.9 Å². The van der Waals surface area contributed by atoms with E-state index in [9.17, 15) is 4.79 Å². The van der Waals surface area contributed by atoms with E-state index in [0.717, 1.165) is 29.4 Å². The number of hydrogen-bond acceptors (Lipinski definition) is 8. The van der Waals surface area contributed by atoms with Gasteiger partial charge in [-0.15, -0.1) is 10.2 Å². The number of carbonyl (C=O) groups is 1. The van der Waals surface area contributed by atoms with E-state index in [1.165, 1.54) is 31.0 Å². The van der Waals surface area contributed by atoms with Crippen molar-refractivity contribution in [3.05, 3.63) is 30.0 Å². The Morgan fingerprint density at radius 3 is 2.62 bits per heavy atom. The number of aromatic nitrogens is 4. The molecular weight excluding hydrogens is 430 g/mol. The summed E-state index contributed by atoms with van der Waals surface area (Å²) in [6, 6.07) is 7.72. The van der Waals surface area contributed by atoms with Crippen LogP contribution >= 0.6 is 11.8 Å². The minimum atomic E-state index is -0.172. The molecule has 0 atom stereocenters. The molecule has 4 rings (SSSR count). The first-order valence-electron chi connectivity index (χ1n) is 10.6. The lowest BCUT2D eigenvalue weighted by Crippen LogP contribution is -2.17. The molecule has 1 fully saturated rings. The number of nitrogens with one attached hydrogen (secondary N) is 1. The summed E-state index contributed by atoms with van der Waals surface area (Å²) >= 11 is 1.37. The minimum absolute atomic E-state index is 0.172. The molecule has 1 aromatic carbocycles. The number of thioether (sulfide) groups is 1. The Bertz CT molecular complexity index is 1070. The quantitative estimate of drug-likeness (QED) is 0.493. The van der Waals surface area contributed by atoms with Gasteiger partial charge < -0.3 is 19.3 Å². The average Bonchev–Trinajstić information content (AvgIpc) is 3.43. The number of anilines is 1. The van der Waals surface area contributed by atoms with E-state index in [4.69, 9.17) is 14.0 Å². The molecule has 0 bridgehead atoms. The molecule has 0 radical (unpaired) electrons. The van der Waals surface area contributed by atoms with Gasteiger partial charge >= 0.3 is 0 Å². The molecule has 1 amide bonds. The van der Waals surface area contributed by atoms with Crippen molar-refractivity contribution in [3.63, 3.8) is 0 Å². The van der Waals surface area contributed by atoms with Crippen LogP contribution in [0.2, 0.25) is 0 Å². The van der Waals surface area contributed by atoms with Crippen molar-refractivity contribution in [2.24, 2.45) is 0 Å². The molecule has 170 valence electrons.